The minimum Gasteiger partial charge on any atom is -0.347 e. The zero-order valence-electron chi connectivity index (χ0n) is 9.21. The molecule has 1 atom stereocenters. The molecule has 0 aromatic carbocycles. The van der Waals surface area contributed by atoms with E-state index in [4.69, 9.17) is 0 Å². The van der Waals surface area contributed by atoms with Gasteiger partial charge in [-0.05, 0) is 43.9 Å². The summed E-state index contributed by atoms with van der Waals surface area (Å²) in [6.45, 7) is 1.93. The van der Waals surface area contributed by atoms with Crippen molar-refractivity contribution in [2.24, 2.45) is 0 Å². The van der Waals surface area contributed by atoms with Crippen LogP contribution in [0, 0.1) is 0 Å². The molecule has 3 rings (SSSR count). The summed E-state index contributed by atoms with van der Waals surface area (Å²) in [5, 5.41) is 6.35. The third-order valence-electron chi connectivity index (χ3n) is 3.37. The summed E-state index contributed by atoms with van der Waals surface area (Å²) >= 11 is 1.68. The summed E-state index contributed by atoms with van der Waals surface area (Å²) in [7, 11) is 0. The van der Waals surface area contributed by atoms with Gasteiger partial charge < -0.3 is 10.6 Å². The zero-order chi connectivity index (χ0) is 11.0. The van der Waals surface area contributed by atoms with E-state index in [0.29, 0.717) is 6.04 Å². The Kier molecular flexibility index (Phi) is 2.69. The number of carbonyl (C=O) groups is 1. The molecule has 0 bridgehead atoms. The second-order valence-electron chi connectivity index (χ2n) is 4.58. The van der Waals surface area contributed by atoms with Gasteiger partial charge in [0, 0.05) is 17.5 Å². The predicted molar refractivity (Wildman–Crippen MR) is 65.1 cm³/mol. The summed E-state index contributed by atoms with van der Waals surface area (Å²) in [5.41, 5.74) is 1.40. The molecule has 2 N–H and O–H groups in total. The number of aryl methyl sites for hydroxylation is 2. The monoisotopic (exact) mass is 236 g/mol. The van der Waals surface area contributed by atoms with Crippen molar-refractivity contribution in [3.05, 3.63) is 21.4 Å². The van der Waals surface area contributed by atoms with E-state index in [1.54, 1.807) is 11.3 Å². The third kappa shape index (κ3) is 1.87. The maximum Gasteiger partial charge on any atom is 0.261 e. The number of hydrogen-bond acceptors (Lipinski definition) is 3. The van der Waals surface area contributed by atoms with E-state index in [1.165, 1.54) is 16.9 Å². The van der Waals surface area contributed by atoms with Gasteiger partial charge in [-0.2, -0.15) is 0 Å². The maximum atomic E-state index is 12.0. The lowest BCUT2D eigenvalue weighted by molar-refractivity contribution is 0.0944. The van der Waals surface area contributed by atoms with Crippen LogP contribution < -0.4 is 10.6 Å². The van der Waals surface area contributed by atoms with Crippen LogP contribution in [0.2, 0.25) is 0 Å². The molecule has 2 heterocycles. The molecule has 1 amide bonds. The van der Waals surface area contributed by atoms with E-state index >= 15 is 0 Å². The molecule has 1 saturated heterocycles. The first-order valence-corrected chi connectivity index (χ1v) is 6.78. The minimum absolute atomic E-state index is 0.119. The van der Waals surface area contributed by atoms with E-state index in [2.05, 4.69) is 16.7 Å². The van der Waals surface area contributed by atoms with Gasteiger partial charge in [0.05, 0.1) is 4.88 Å². The average molecular weight is 236 g/mol. The fourth-order valence-electron chi connectivity index (χ4n) is 2.48. The number of fused-ring (bicyclic) bond motifs is 1. The standard InChI is InChI=1S/C12H16N2OS/c15-12(14-9-4-5-13-7-9)11-6-8-2-1-3-10(8)16-11/h6,9,13H,1-5,7H2,(H,14,15)/t9-/m0/s1. The van der Waals surface area contributed by atoms with Crippen LogP contribution >= 0.6 is 11.3 Å². The molecule has 1 aromatic rings. The molecule has 86 valence electrons. The normalized spacial score (nSPS) is 23.4. The van der Waals surface area contributed by atoms with Crippen molar-refractivity contribution < 1.29 is 4.79 Å². The predicted octanol–water partition coefficient (Wildman–Crippen LogP) is 1.33. The van der Waals surface area contributed by atoms with Crippen LogP contribution in [-0.4, -0.2) is 25.0 Å². The molecular formula is C12H16N2OS. The number of carbonyl (C=O) groups excluding carboxylic acids is 1. The van der Waals surface area contributed by atoms with Gasteiger partial charge in [-0.3, -0.25) is 4.79 Å². The van der Waals surface area contributed by atoms with Crippen molar-refractivity contribution in [2.75, 3.05) is 13.1 Å². The molecule has 1 aliphatic carbocycles. The van der Waals surface area contributed by atoms with Crippen molar-refractivity contribution in [1.29, 1.82) is 0 Å². The second-order valence-corrected chi connectivity index (χ2v) is 5.71. The van der Waals surface area contributed by atoms with Gasteiger partial charge in [-0.1, -0.05) is 0 Å². The number of thiophene rings is 1. The van der Waals surface area contributed by atoms with Gasteiger partial charge in [0.25, 0.3) is 5.91 Å². The summed E-state index contributed by atoms with van der Waals surface area (Å²) in [6.07, 6.45) is 4.63. The highest BCUT2D eigenvalue weighted by atomic mass is 32.1. The van der Waals surface area contributed by atoms with Crippen molar-refractivity contribution in [2.45, 2.75) is 31.7 Å². The SMILES string of the molecule is O=C(N[C@H]1CCNC1)c1cc2c(s1)CCC2. The number of amides is 1. The highest BCUT2D eigenvalue weighted by Crippen LogP contribution is 2.30. The van der Waals surface area contributed by atoms with Crippen LogP contribution in [0.5, 0.6) is 0 Å². The van der Waals surface area contributed by atoms with E-state index in [-0.39, 0.29) is 5.91 Å². The Morgan fingerprint density at radius 3 is 3.19 bits per heavy atom. The Hall–Kier alpha value is -0.870. The first kappa shape index (κ1) is 10.3. The molecule has 0 saturated carbocycles. The zero-order valence-corrected chi connectivity index (χ0v) is 10.0. The summed E-state index contributed by atoms with van der Waals surface area (Å²) < 4.78 is 0. The molecular weight excluding hydrogens is 220 g/mol. The van der Waals surface area contributed by atoms with Gasteiger partial charge >= 0.3 is 0 Å². The topological polar surface area (TPSA) is 41.1 Å². The van der Waals surface area contributed by atoms with E-state index < -0.39 is 0 Å². The molecule has 1 aliphatic heterocycles. The van der Waals surface area contributed by atoms with Crippen molar-refractivity contribution in [3.8, 4) is 0 Å². The smallest absolute Gasteiger partial charge is 0.261 e. The lowest BCUT2D eigenvalue weighted by Crippen LogP contribution is -2.35. The van der Waals surface area contributed by atoms with Crippen molar-refractivity contribution in [1.82, 2.24) is 10.6 Å². The van der Waals surface area contributed by atoms with Crippen LogP contribution in [0.1, 0.15) is 33.0 Å². The Labute approximate surface area is 99.2 Å². The summed E-state index contributed by atoms with van der Waals surface area (Å²) in [5.74, 6) is 0.119. The van der Waals surface area contributed by atoms with Crippen molar-refractivity contribution >= 4 is 17.2 Å². The van der Waals surface area contributed by atoms with Crippen LogP contribution in [-0.2, 0) is 12.8 Å². The van der Waals surface area contributed by atoms with Gasteiger partial charge in [-0.25, -0.2) is 0 Å². The van der Waals surface area contributed by atoms with Gasteiger partial charge in [0.15, 0.2) is 0 Å². The molecule has 1 fully saturated rings. The molecule has 2 aliphatic rings. The Morgan fingerprint density at radius 2 is 2.44 bits per heavy atom. The summed E-state index contributed by atoms with van der Waals surface area (Å²) in [6, 6.07) is 2.41. The van der Waals surface area contributed by atoms with E-state index in [1.807, 2.05) is 0 Å². The molecule has 3 nitrogen and oxygen atoms in total. The van der Waals surface area contributed by atoms with Crippen LogP contribution in [0.15, 0.2) is 6.07 Å². The lowest BCUT2D eigenvalue weighted by Gasteiger charge is -2.09. The van der Waals surface area contributed by atoms with Crippen LogP contribution in [0.4, 0.5) is 0 Å². The highest BCUT2D eigenvalue weighted by Gasteiger charge is 2.21. The van der Waals surface area contributed by atoms with Gasteiger partial charge in [0.2, 0.25) is 0 Å². The maximum absolute atomic E-state index is 12.0. The fourth-order valence-corrected chi connectivity index (χ4v) is 3.63. The molecule has 1 aromatic heterocycles. The van der Waals surface area contributed by atoms with Crippen molar-refractivity contribution in [3.63, 3.8) is 0 Å². The average Bonchev–Trinajstić information content (AvgIpc) is 2.91. The number of rotatable bonds is 2. The number of hydrogen-bond donors (Lipinski definition) is 2. The Balaban J connectivity index is 1.69. The summed E-state index contributed by atoms with van der Waals surface area (Å²) in [4.78, 5) is 14.3. The highest BCUT2D eigenvalue weighted by molar-refractivity contribution is 7.14. The van der Waals surface area contributed by atoms with Gasteiger partial charge in [-0.15, -0.1) is 11.3 Å². The fraction of sp³-hybridized carbons (Fsp3) is 0.583. The third-order valence-corrected chi connectivity index (χ3v) is 4.60. The Morgan fingerprint density at radius 1 is 1.50 bits per heavy atom. The minimum atomic E-state index is 0.119. The molecule has 0 spiro atoms. The first-order chi connectivity index (χ1) is 7.83. The largest absolute Gasteiger partial charge is 0.347 e. The molecule has 0 unspecified atom stereocenters. The number of nitrogens with one attached hydrogen (secondary N) is 2. The second kappa shape index (κ2) is 4.18. The lowest BCUT2D eigenvalue weighted by atomic mass is 10.2. The molecule has 16 heavy (non-hydrogen) atoms. The Bertz CT molecular complexity index is 386. The van der Waals surface area contributed by atoms with E-state index in [9.17, 15) is 4.79 Å². The first-order valence-electron chi connectivity index (χ1n) is 5.96. The van der Waals surface area contributed by atoms with Crippen LogP contribution in [0.25, 0.3) is 0 Å². The quantitative estimate of drug-likeness (QED) is 0.813. The van der Waals surface area contributed by atoms with Gasteiger partial charge in [0.1, 0.15) is 0 Å². The molecule has 4 heteroatoms. The molecule has 0 radical (unpaired) electrons. The van der Waals surface area contributed by atoms with Crippen LogP contribution in [0.3, 0.4) is 0 Å². The van der Waals surface area contributed by atoms with E-state index in [0.717, 1.165) is 37.2 Å².